The Morgan fingerprint density at radius 2 is 2.17 bits per heavy atom. The molecule has 0 fully saturated rings. The van der Waals surface area contributed by atoms with Crippen LogP contribution in [0.4, 0.5) is 0 Å². The van der Waals surface area contributed by atoms with Crippen molar-refractivity contribution < 1.29 is 0 Å². The Kier molecular flexibility index (Phi) is 5.48. The van der Waals surface area contributed by atoms with Crippen molar-refractivity contribution in [2.45, 2.75) is 19.3 Å². The van der Waals surface area contributed by atoms with E-state index in [0.29, 0.717) is 5.92 Å². The van der Waals surface area contributed by atoms with Gasteiger partial charge in [-0.05, 0) is 40.4 Å². The average Bonchev–Trinajstić information content (AvgIpc) is 3.26. The van der Waals surface area contributed by atoms with Crippen molar-refractivity contribution in [2.24, 2.45) is 4.99 Å². The number of thiophene rings is 1. The second kappa shape index (κ2) is 7.97. The van der Waals surface area contributed by atoms with Crippen LogP contribution in [0.5, 0.6) is 0 Å². The molecule has 3 N–H and O–H groups in total. The first-order chi connectivity index (χ1) is 11.8. The number of fused-ring (bicyclic) bond motifs is 1. The fourth-order valence-electron chi connectivity index (χ4n) is 2.57. The van der Waals surface area contributed by atoms with Crippen LogP contribution in [0.3, 0.4) is 0 Å². The minimum atomic E-state index is 0.463. The molecule has 5 nitrogen and oxygen atoms in total. The number of nitrogens with one attached hydrogen (secondary N) is 3. The van der Waals surface area contributed by atoms with Gasteiger partial charge in [-0.2, -0.15) is 11.3 Å². The summed E-state index contributed by atoms with van der Waals surface area (Å²) in [6.45, 7) is 3.87. The van der Waals surface area contributed by atoms with Gasteiger partial charge >= 0.3 is 0 Å². The Bertz CT molecular complexity index is 758. The number of rotatable bonds is 6. The Labute approximate surface area is 146 Å². The standard InChI is InChI=1S/C18H23N5S/c1-13(14-8-10-24-12-14)11-21-18(19-2)20-9-7-17-22-15-5-3-4-6-16(15)23-17/h3-6,8,10,12-13H,7,9,11H2,1-2H3,(H,22,23)(H2,19,20,21). The predicted octanol–water partition coefficient (Wildman–Crippen LogP) is 3.14. The van der Waals surface area contributed by atoms with Crippen LogP contribution in [0.25, 0.3) is 11.0 Å². The van der Waals surface area contributed by atoms with Crippen molar-refractivity contribution >= 4 is 28.3 Å². The molecule has 6 heteroatoms. The van der Waals surface area contributed by atoms with Crippen molar-refractivity contribution in [1.82, 2.24) is 20.6 Å². The van der Waals surface area contributed by atoms with E-state index in [9.17, 15) is 0 Å². The molecular formula is C18H23N5S. The third kappa shape index (κ3) is 4.14. The van der Waals surface area contributed by atoms with Crippen molar-refractivity contribution in [3.05, 3.63) is 52.5 Å². The third-order valence-corrected chi connectivity index (χ3v) is 4.71. The zero-order valence-corrected chi connectivity index (χ0v) is 14.9. The monoisotopic (exact) mass is 341 g/mol. The van der Waals surface area contributed by atoms with Crippen molar-refractivity contribution in [3.8, 4) is 0 Å². The molecule has 1 atom stereocenters. The molecule has 0 bridgehead atoms. The highest BCUT2D eigenvalue weighted by Crippen LogP contribution is 2.17. The van der Waals surface area contributed by atoms with E-state index in [1.165, 1.54) is 5.56 Å². The first-order valence-electron chi connectivity index (χ1n) is 8.16. The van der Waals surface area contributed by atoms with Gasteiger partial charge in [-0.3, -0.25) is 4.99 Å². The summed E-state index contributed by atoms with van der Waals surface area (Å²) in [5.74, 6) is 2.28. The highest BCUT2D eigenvalue weighted by atomic mass is 32.1. The summed E-state index contributed by atoms with van der Waals surface area (Å²) in [5.41, 5.74) is 3.46. The van der Waals surface area contributed by atoms with Gasteiger partial charge in [-0.1, -0.05) is 19.1 Å². The Hall–Kier alpha value is -2.34. The van der Waals surface area contributed by atoms with Gasteiger partial charge < -0.3 is 15.6 Å². The summed E-state index contributed by atoms with van der Waals surface area (Å²) >= 11 is 1.74. The van der Waals surface area contributed by atoms with Crippen LogP contribution in [-0.4, -0.2) is 36.1 Å². The normalized spacial score (nSPS) is 13.2. The van der Waals surface area contributed by atoms with Gasteiger partial charge in [0.25, 0.3) is 0 Å². The van der Waals surface area contributed by atoms with E-state index in [1.54, 1.807) is 18.4 Å². The predicted molar refractivity (Wildman–Crippen MR) is 102 cm³/mol. The number of H-pyrrole nitrogens is 1. The quantitative estimate of drug-likeness (QED) is 0.477. The summed E-state index contributed by atoms with van der Waals surface area (Å²) in [7, 11) is 1.80. The number of para-hydroxylation sites is 2. The smallest absolute Gasteiger partial charge is 0.191 e. The summed E-state index contributed by atoms with van der Waals surface area (Å²) in [4.78, 5) is 12.2. The van der Waals surface area contributed by atoms with E-state index in [1.807, 2.05) is 24.3 Å². The number of nitrogens with zero attached hydrogens (tertiary/aromatic N) is 2. The largest absolute Gasteiger partial charge is 0.356 e. The third-order valence-electron chi connectivity index (χ3n) is 4.00. The number of aromatic amines is 1. The minimum Gasteiger partial charge on any atom is -0.356 e. The topological polar surface area (TPSA) is 65.1 Å². The maximum absolute atomic E-state index is 4.59. The van der Waals surface area contributed by atoms with Crippen LogP contribution in [-0.2, 0) is 6.42 Å². The number of aliphatic imine (C=N–C) groups is 1. The lowest BCUT2D eigenvalue weighted by molar-refractivity contribution is 0.697. The molecule has 2 heterocycles. The lowest BCUT2D eigenvalue weighted by Crippen LogP contribution is -2.39. The number of benzene rings is 1. The number of imidazole rings is 1. The molecule has 2 aromatic heterocycles. The molecule has 0 radical (unpaired) electrons. The zero-order valence-electron chi connectivity index (χ0n) is 14.0. The van der Waals surface area contributed by atoms with Gasteiger partial charge in [-0.15, -0.1) is 0 Å². The number of hydrogen-bond donors (Lipinski definition) is 3. The van der Waals surface area contributed by atoms with E-state index >= 15 is 0 Å². The molecular weight excluding hydrogens is 318 g/mol. The van der Waals surface area contributed by atoms with Gasteiger partial charge in [0.15, 0.2) is 5.96 Å². The lowest BCUT2D eigenvalue weighted by atomic mass is 10.1. The van der Waals surface area contributed by atoms with Crippen molar-refractivity contribution in [1.29, 1.82) is 0 Å². The summed E-state index contributed by atoms with van der Waals surface area (Å²) in [6, 6.07) is 10.3. The maximum Gasteiger partial charge on any atom is 0.191 e. The molecule has 3 rings (SSSR count). The zero-order chi connectivity index (χ0) is 16.8. The van der Waals surface area contributed by atoms with Gasteiger partial charge in [0.05, 0.1) is 11.0 Å². The molecule has 0 aliphatic carbocycles. The van der Waals surface area contributed by atoms with Crippen molar-refractivity contribution in [2.75, 3.05) is 20.1 Å². The number of guanidine groups is 1. The van der Waals surface area contributed by atoms with E-state index in [-0.39, 0.29) is 0 Å². The van der Waals surface area contributed by atoms with Gasteiger partial charge in [0, 0.05) is 26.6 Å². The van der Waals surface area contributed by atoms with Crippen LogP contribution in [0, 0.1) is 0 Å². The molecule has 0 saturated carbocycles. The summed E-state index contributed by atoms with van der Waals surface area (Å²) < 4.78 is 0. The SMILES string of the molecule is CN=C(NCCc1nc2ccccc2[nH]1)NCC(C)c1ccsc1. The van der Waals surface area contributed by atoms with Gasteiger partial charge in [0.2, 0.25) is 0 Å². The minimum absolute atomic E-state index is 0.463. The Morgan fingerprint density at radius 3 is 2.92 bits per heavy atom. The fourth-order valence-corrected chi connectivity index (χ4v) is 3.35. The van der Waals surface area contributed by atoms with E-state index in [4.69, 9.17) is 0 Å². The average molecular weight is 341 g/mol. The van der Waals surface area contributed by atoms with Gasteiger partial charge in [0.1, 0.15) is 5.82 Å². The van der Waals surface area contributed by atoms with Crippen LogP contribution in [0.15, 0.2) is 46.1 Å². The molecule has 1 aromatic carbocycles. The summed E-state index contributed by atoms with van der Waals surface area (Å²) in [6.07, 6.45) is 0.829. The van der Waals surface area contributed by atoms with E-state index < -0.39 is 0 Å². The molecule has 0 saturated heterocycles. The first-order valence-corrected chi connectivity index (χ1v) is 9.11. The molecule has 0 aliphatic rings. The van der Waals surface area contributed by atoms with Crippen LogP contribution < -0.4 is 10.6 Å². The lowest BCUT2D eigenvalue weighted by Gasteiger charge is -2.15. The molecule has 24 heavy (non-hydrogen) atoms. The number of hydrogen-bond acceptors (Lipinski definition) is 3. The fraction of sp³-hybridized carbons (Fsp3) is 0.333. The van der Waals surface area contributed by atoms with Crippen LogP contribution in [0.1, 0.15) is 24.2 Å². The van der Waals surface area contributed by atoms with Crippen LogP contribution in [0.2, 0.25) is 0 Å². The molecule has 1 unspecified atom stereocenters. The highest BCUT2D eigenvalue weighted by molar-refractivity contribution is 7.07. The Balaban J connectivity index is 1.45. The van der Waals surface area contributed by atoms with Crippen LogP contribution >= 0.6 is 11.3 Å². The molecule has 126 valence electrons. The highest BCUT2D eigenvalue weighted by Gasteiger charge is 2.07. The molecule has 0 amide bonds. The molecule has 0 aliphatic heterocycles. The number of aromatic nitrogens is 2. The van der Waals surface area contributed by atoms with Crippen molar-refractivity contribution in [3.63, 3.8) is 0 Å². The van der Waals surface area contributed by atoms with E-state index in [2.05, 4.69) is 49.3 Å². The maximum atomic E-state index is 4.59. The van der Waals surface area contributed by atoms with Gasteiger partial charge in [-0.25, -0.2) is 4.98 Å². The second-order valence-electron chi connectivity index (χ2n) is 5.79. The second-order valence-corrected chi connectivity index (χ2v) is 6.57. The first kappa shape index (κ1) is 16.5. The Morgan fingerprint density at radius 1 is 1.29 bits per heavy atom. The summed E-state index contributed by atoms with van der Waals surface area (Å²) in [5, 5.41) is 11.0. The molecule has 3 aromatic rings. The van der Waals surface area contributed by atoms with E-state index in [0.717, 1.165) is 42.3 Å². The molecule has 0 spiro atoms.